The van der Waals surface area contributed by atoms with Crippen LogP contribution in [0.2, 0.25) is 10.0 Å². The van der Waals surface area contributed by atoms with Crippen molar-refractivity contribution in [2.24, 2.45) is 0 Å². The fourth-order valence-electron chi connectivity index (χ4n) is 2.31. The Balaban J connectivity index is 2.22. The van der Waals surface area contributed by atoms with Gasteiger partial charge < -0.3 is 5.73 Å². The molecule has 5 heteroatoms. The normalized spacial score (nSPS) is 14.0. The average molecular weight is 268 g/mol. The van der Waals surface area contributed by atoms with Gasteiger partial charge >= 0.3 is 0 Å². The third-order valence-corrected chi connectivity index (χ3v) is 3.65. The van der Waals surface area contributed by atoms with Crippen LogP contribution in [0.3, 0.4) is 0 Å². The molecular weight excluding hydrogens is 257 g/mol. The van der Waals surface area contributed by atoms with Crippen molar-refractivity contribution in [1.82, 2.24) is 9.78 Å². The standard InChI is InChI=1S/C12H11Cl2N3/c13-7-4-5-9(14)11(6-7)17-10-3-1-2-8(10)12(15)16-17/h4-6H,1-3H2,(H2,15,16). The van der Waals surface area contributed by atoms with Gasteiger partial charge in [-0.15, -0.1) is 0 Å². The monoisotopic (exact) mass is 267 g/mol. The molecule has 17 heavy (non-hydrogen) atoms. The molecule has 1 aromatic carbocycles. The third-order valence-electron chi connectivity index (χ3n) is 3.10. The molecule has 0 saturated carbocycles. The van der Waals surface area contributed by atoms with Crippen molar-refractivity contribution in [2.45, 2.75) is 19.3 Å². The van der Waals surface area contributed by atoms with Crippen molar-refractivity contribution in [2.75, 3.05) is 5.73 Å². The van der Waals surface area contributed by atoms with E-state index in [4.69, 9.17) is 28.9 Å². The molecule has 0 bridgehead atoms. The lowest BCUT2D eigenvalue weighted by Crippen LogP contribution is -2.02. The highest BCUT2D eigenvalue weighted by atomic mass is 35.5. The predicted molar refractivity (Wildman–Crippen MR) is 70.0 cm³/mol. The second-order valence-electron chi connectivity index (χ2n) is 4.17. The second kappa shape index (κ2) is 3.93. The summed E-state index contributed by atoms with van der Waals surface area (Å²) in [5, 5.41) is 5.63. The summed E-state index contributed by atoms with van der Waals surface area (Å²) in [5.41, 5.74) is 9.02. The number of nitrogen functional groups attached to an aromatic ring is 1. The van der Waals surface area contributed by atoms with E-state index in [1.54, 1.807) is 12.1 Å². The Kier molecular flexibility index (Phi) is 2.53. The summed E-state index contributed by atoms with van der Waals surface area (Å²) in [4.78, 5) is 0. The van der Waals surface area contributed by atoms with Crippen molar-refractivity contribution in [3.05, 3.63) is 39.5 Å². The lowest BCUT2D eigenvalue weighted by atomic mass is 10.2. The van der Waals surface area contributed by atoms with Crippen LogP contribution in [-0.4, -0.2) is 9.78 Å². The number of nitrogens with zero attached hydrogens (tertiary/aromatic N) is 2. The number of nitrogens with two attached hydrogens (primary N) is 1. The number of hydrogen-bond acceptors (Lipinski definition) is 2. The Morgan fingerprint density at radius 3 is 2.88 bits per heavy atom. The minimum atomic E-state index is 0.605. The summed E-state index contributed by atoms with van der Waals surface area (Å²) in [6.07, 6.45) is 3.11. The molecule has 2 N–H and O–H groups in total. The van der Waals surface area contributed by atoms with Gasteiger partial charge in [-0.05, 0) is 37.5 Å². The van der Waals surface area contributed by atoms with E-state index < -0.39 is 0 Å². The predicted octanol–water partition coefficient (Wildman–Crippen LogP) is 3.25. The molecule has 0 radical (unpaired) electrons. The van der Waals surface area contributed by atoms with Crippen LogP contribution < -0.4 is 5.73 Å². The van der Waals surface area contributed by atoms with Crippen molar-refractivity contribution in [3.63, 3.8) is 0 Å². The molecule has 3 nitrogen and oxygen atoms in total. The van der Waals surface area contributed by atoms with Gasteiger partial charge in [0, 0.05) is 16.3 Å². The van der Waals surface area contributed by atoms with Crippen molar-refractivity contribution < 1.29 is 0 Å². The fraction of sp³-hybridized carbons (Fsp3) is 0.250. The fourth-order valence-corrected chi connectivity index (χ4v) is 2.68. The topological polar surface area (TPSA) is 43.8 Å². The lowest BCUT2D eigenvalue weighted by Gasteiger charge is -2.07. The zero-order chi connectivity index (χ0) is 12.0. The Morgan fingerprint density at radius 1 is 1.24 bits per heavy atom. The van der Waals surface area contributed by atoms with Gasteiger partial charge in [0.15, 0.2) is 0 Å². The number of anilines is 1. The van der Waals surface area contributed by atoms with Gasteiger partial charge in [-0.1, -0.05) is 23.2 Å². The summed E-state index contributed by atoms with van der Waals surface area (Å²) in [7, 11) is 0. The first kappa shape index (κ1) is 10.9. The van der Waals surface area contributed by atoms with E-state index in [-0.39, 0.29) is 0 Å². The zero-order valence-electron chi connectivity index (χ0n) is 9.08. The highest BCUT2D eigenvalue weighted by Gasteiger charge is 2.22. The molecule has 0 amide bonds. The molecule has 0 aliphatic heterocycles. The molecule has 1 heterocycles. The van der Waals surface area contributed by atoms with E-state index in [9.17, 15) is 0 Å². The Labute approximate surface area is 109 Å². The number of halogens is 2. The minimum absolute atomic E-state index is 0.605. The van der Waals surface area contributed by atoms with Gasteiger partial charge in [0.05, 0.1) is 10.7 Å². The first-order chi connectivity index (χ1) is 8.16. The molecule has 1 aliphatic rings. The first-order valence-electron chi connectivity index (χ1n) is 5.48. The molecule has 0 unspecified atom stereocenters. The van der Waals surface area contributed by atoms with E-state index in [2.05, 4.69) is 5.10 Å². The van der Waals surface area contributed by atoms with Crippen LogP contribution in [0.15, 0.2) is 18.2 Å². The maximum absolute atomic E-state index is 6.18. The first-order valence-corrected chi connectivity index (χ1v) is 6.24. The highest BCUT2D eigenvalue weighted by molar-refractivity contribution is 6.34. The maximum Gasteiger partial charge on any atom is 0.149 e. The molecule has 88 valence electrons. The second-order valence-corrected chi connectivity index (χ2v) is 5.02. The molecule has 2 aromatic rings. The molecule has 0 fully saturated rings. The Bertz CT molecular complexity index is 590. The number of rotatable bonds is 1. The smallest absolute Gasteiger partial charge is 0.149 e. The van der Waals surface area contributed by atoms with Crippen molar-refractivity contribution >= 4 is 29.0 Å². The van der Waals surface area contributed by atoms with Crippen LogP contribution in [0, 0.1) is 0 Å². The van der Waals surface area contributed by atoms with Gasteiger partial charge in [0.2, 0.25) is 0 Å². The average Bonchev–Trinajstić information content (AvgIpc) is 2.87. The van der Waals surface area contributed by atoms with Crippen LogP contribution in [0.4, 0.5) is 5.82 Å². The molecule has 1 aliphatic carbocycles. The number of aromatic nitrogens is 2. The van der Waals surface area contributed by atoms with E-state index in [1.807, 2.05) is 10.7 Å². The molecule has 0 atom stereocenters. The van der Waals surface area contributed by atoms with E-state index in [0.717, 1.165) is 36.2 Å². The Hall–Kier alpha value is -1.19. The summed E-state index contributed by atoms with van der Waals surface area (Å²) >= 11 is 12.2. The highest BCUT2D eigenvalue weighted by Crippen LogP contribution is 2.32. The summed E-state index contributed by atoms with van der Waals surface area (Å²) in [6, 6.07) is 5.35. The molecule has 0 spiro atoms. The number of hydrogen-bond donors (Lipinski definition) is 1. The number of fused-ring (bicyclic) bond motifs is 1. The van der Waals surface area contributed by atoms with Crippen molar-refractivity contribution in [1.29, 1.82) is 0 Å². The number of benzene rings is 1. The molecule has 0 saturated heterocycles. The van der Waals surface area contributed by atoms with Crippen molar-refractivity contribution in [3.8, 4) is 5.69 Å². The molecule has 1 aromatic heterocycles. The Morgan fingerprint density at radius 2 is 2.06 bits per heavy atom. The molecular formula is C12H11Cl2N3. The van der Waals surface area contributed by atoms with E-state index >= 15 is 0 Å². The van der Waals surface area contributed by atoms with Gasteiger partial charge in [-0.3, -0.25) is 0 Å². The third kappa shape index (κ3) is 1.70. The van der Waals surface area contributed by atoms with Crippen LogP contribution in [0.5, 0.6) is 0 Å². The van der Waals surface area contributed by atoms with Gasteiger partial charge in [-0.2, -0.15) is 5.10 Å². The van der Waals surface area contributed by atoms with Gasteiger partial charge in [0.1, 0.15) is 5.82 Å². The van der Waals surface area contributed by atoms with Crippen LogP contribution in [-0.2, 0) is 12.8 Å². The lowest BCUT2D eigenvalue weighted by molar-refractivity contribution is 0.788. The van der Waals surface area contributed by atoms with E-state index in [1.165, 1.54) is 0 Å². The summed E-state index contributed by atoms with van der Waals surface area (Å²) < 4.78 is 1.83. The van der Waals surface area contributed by atoms with E-state index in [0.29, 0.717) is 15.9 Å². The zero-order valence-corrected chi connectivity index (χ0v) is 10.6. The summed E-state index contributed by atoms with van der Waals surface area (Å²) in [6.45, 7) is 0. The maximum atomic E-state index is 6.18. The quantitative estimate of drug-likeness (QED) is 0.862. The molecule has 3 rings (SSSR count). The van der Waals surface area contributed by atoms with Crippen LogP contribution in [0.1, 0.15) is 17.7 Å². The SMILES string of the molecule is Nc1nn(-c2cc(Cl)ccc2Cl)c2c1CCC2. The van der Waals surface area contributed by atoms with Crippen LogP contribution in [0.25, 0.3) is 5.69 Å². The van der Waals surface area contributed by atoms with Gasteiger partial charge in [-0.25, -0.2) is 4.68 Å². The summed E-state index contributed by atoms with van der Waals surface area (Å²) in [5.74, 6) is 0.605. The largest absolute Gasteiger partial charge is 0.382 e. The minimum Gasteiger partial charge on any atom is -0.382 e. The van der Waals surface area contributed by atoms with Crippen LogP contribution >= 0.6 is 23.2 Å². The van der Waals surface area contributed by atoms with Gasteiger partial charge in [0.25, 0.3) is 0 Å².